The minimum absolute atomic E-state index is 0.513. The van der Waals surface area contributed by atoms with E-state index >= 15 is 0 Å². The van der Waals surface area contributed by atoms with E-state index in [1.807, 2.05) is 12.1 Å². The summed E-state index contributed by atoms with van der Waals surface area (Å²) in [5.74, 6) is 0. The molecule has 0 bridgehead atoms. The summed E-state index contributed by atoms with van der Waals surface area (Å²) in [6.45, 7) is 0. The van der Waals surface area contributed by atoms with Crippen molar-refractivity contribution >= 4 is 58.2 Å². The molecule has 0 atom stereocenters. The van der Waals surface area contributed by atoms with Crippen LogP contribution in [-0.4, -0.2) is 32.1 Å². The van der Waals surface area contributed by atoms with E-state index in [0.29, 0.717) is 5.15 Å². The first-order valence-corrected chi connectivity index (χ1v) is 8.87. The van der Waals surface area contributed by atoms with Crippen molar-refractivity contribution in [1.29, 1.82) is 0 Å². The van der Waals surface area contributed by atoms with Crippen molar-refractivity contribution in [2.24, 2.45) is 3.21 Å². The number of rotatable bonds is 1. The fourth-order valence-corrected chi connectivity index (χ4v) is 5.00. The summed E-state index contributed by atoms with van der Waals surface area (Å²) in [5, 5.41) is 0.513. The van der Waals surface area contributed by atoms with Gasteiger partial charge in [0.05, 0.1) is 0 Å². The fourth-order valence-electron chi connectivity index (χ4n) is 1.76. The summed E-state index contributed by atoms with van der Waals surface area (Å²) in [6, 6.07) is 10.2. The molecule has 2 nitrogen and oxygen atoms in total. The van der Waals surface area contributed by atoms with E-state index in [2.05, 4.69) is 39.1 Å². The molecule has 2 aromatic rings. The molecule has 0 saturated carbocycles. The first kappa shape index (κ1) is 11.7. The van der Waals surface area contributed by atoms with Gasteiger partial charge < -0.3 is 0 Å². The number of fused-ring (bicyclic) bond motifs is 1. The van der Waals surface area contributed by atoms with Gasteiger partial charge >= 0.3 is 124 Å². The molecule has 1 aliphatic rings. The van der Waals surface area contributed by atoms with E-state index in [1.54, 1.807) is 6.20 Å². The van der Waals surface area contributed by atoms with Gasteiger partial charge in [0.1, 0.15) is 0 Å². The summed E-state index contributed by atoms with van der Waals surface area (Å²) in [7, 11) is 0. The van der Waals surface area contributed by atoms with E-state index < -0.39 is 21.4 Å². The zero-order valence-corrected chi connectivity index (χ0v) is 13.8. The van der Waals surface area contributed by atoms with Crippen LogP contribution in [-0.2, 0) is 0 Å². The number of hydrogen-bond donors (Lipinski definition) is 0. The Bertz CT molecular complexity index is 628. The summed E-state index contributed by atoms with van der Waals surface area (Å²) in [5.41, 5.74) is 3.37. The van der Waals surface area contributed by atoms with Crippen LogP contribution in [0.5, 0.6) is 0 Å². The molecule has 5 heteroatoms. The number of halogens is 2. The molecule has 1 aliphatic heterocycles. The summed E-state index contributed by atoms with van der Waals surface area (Å²) in [6.07, 6.45) is 1.72. The molecule has 0 fully saturated rings. The van der Waals surface area contributed by atoms with Crippen LogP contribution < -0.4 is 3.58 Å². The molecular formula is C12H6BrClN2Sn. The molecule has 0 spiro atoms. The van der Waals surface area contributed by atoms with Gasteiger partial charge in [0.2, 0.25) is 0 Å². The Morgan fingerprint density at radius 1 is 1.18 bits per heavy atom. The van der Waals surface area contributed by atoms with E-state index in [9.17, 15) is 0 Å². The maximum absolute atomic E-state index is 5.92. The molecule has 2 radical (unpaired) electrons. The normalized spacial score (nSPS) is 13.4. The average Bonchev–Trinajstić information content (AvgIpc) is 2.71. The van der Waals surface area contributed by atoms with E-state index in [1.165, 1.54) is 9.14 Å². The predicted octanol–water partition coefficient (Wildman–Crippen LogP) is 2.59. The summed E-state index contributed by atoms with van der Waals surface area (Å²) < 4.78 is 7.24. The molecule has 1 aromatic carbocycles. The number of aromatic nitrogens is 1. The van der Waals surface area contributed by atoms with Crippen molar-refractivity contribution in [1.82, 2.24) is 4.98 Å². The average molecular weight is 412 g/mol. The van der Waals surface area contributed by atoms with Crippen LogP contribution in [0.4, 0.5) is 0 Å². The van der Waals surface area contributed by atoms with Crippen LogP contribution in [0.1, 0.15) is 11.1 Å². The molecule has 0 unspecified atom stereocenters. The van der Waals surface area contributed by atoms with Crippen molar-refractivity contribution in [2.45, 2.75) is 0 Å². The Labute approximate surface area is 123 Å². The van der Waals surface area contributed by atoms with Gasteiger partial charge in [0.15, 0.2) is 0 Å². The van der Waals surface area contributed by atoms with Gasteiger partial charge in [-0.2, -0.15) is 0 Å². The molecule has 0 saturated heterocycles. The van der Waals surface area contributed by atoms with E-state index in [-0.39, 0.29) is 0 Å². The van der Waals surface area contributed by atoms with Gasteiger partial charge in [-0.3, -0.25) is 0 Å². The Balaban J connectivity index is 2.12. The van der Waals surface area contributed by atoms with Crippen molar-refractivity contribution in [2.75, 3.05) is 0 Å². The van der Waals surface area contributed by atoms with Gasteiger partial charge in [-0.15, -0.1) is 0 Å². The van der Waals surface area contributed by atoms with Crippen LogP contribution in [0.3, 0.4) is 0 Å². The number of nitrogens with zero attached hydrogens (tertiary/aromatic N) is 2. The number of pyridine rings is 1. The molecule has 1 aromatic heterocycles. The van der Waals surface area contributed by atoms with Crippen LogP contribution in [0.2, 0.25) is 5.15 Å². The number of hydrogen-bond acceptors (Lipinski definition) is 2. The van der Waals surface area contributed by atoms with E-state index in [0.717, 1.165) is 15.7 Å². The van der Waals surface area contributed by atoms with Crippen molar-refractivity contribution in [3.05, 3.63) is 57.3 Å². The summed E-state index contributed by atoms with van der Waals surface area (Å²) >= 11 is 8.62. The van der Waals surface area contributed by atoms with E-state index in [4.69, 9.17) is 14.8 Å². The molecule has 3 rings (SSSR count). The SMILES string of the molecule is Clc1cc(C2=[N][Sn][c]3ccc(Br)cc32)ccn1. The van der Waals surface area contributed by atoms with Crippen LogP contribution in [0, 0.1) is 0 Å². The maximum atomic E-state index is 5.92. The standard InChI is InChI=1S/C12H6BrClN2.Sn/c13-10-3-1-2-8(6-10)12(15)9-4-5-16-11(14)7-9;/h1,3-7H;/q-1;+1. The first-order valence-electron chi connectivity index (χ1n) is 4.99. The van der Waals surface area contributed by atoms with Crippen molar-refractivity contribution in [3.63, 3.8) is 0 Å². The summed E-state index contributed by atoms with van der Waals surface area (Å²) in [4.78, 5) is 4.00. The second-order valence-corrected chi connectivity index (χ2v) is 7.75. The topological polar surface area (TPSA) is 25.2 Å². The van der Waals surface area contributed by atoms with Crippen LogP contribution in [0.15, 0.2) is 44.2 Å². The van der Waals surface area contributed by atoms with Gasteiger partial charge in [-0.05, 0) is 0 Å². The molecule has 17 heavy (non-hydrogen) atoms. The van der Waals surface area contributed by atoms with Crippen molar-refractivity contribution < 1.29 is 0 Å². The monoisotopic (exact) mass is 412 g/mol. The predicted molar refractivity (Wildman–Crippen MR) is 74.4 cm³/mol. The first-order chi connectivity index (χ1) is 8.24. The Kier molecular flexibility index (Phi) is 3.23. The van der Waals surface area contributed by atoms with Gasteiger partial charge in [-0.25, -0.2) is 0 Å². The van der Waals surface area contributed by atoms with Crippen LogP contribution >= 0.6 is 27.5 Å². The van der Waals surface area contributed by atoms with Crippen molar-refractivity contribution in [3.8, 4) is 0 Å². The molecule has 2 heterocycles. The fraction of sp³-hybridized carbons (Fsp3) is 0. The third kappa shape index (κ3) is 2.28. The Morgan fingerprint density at radius 3 is 2.88 bits per heavy atom. The zero-order chi connectivity index (χ0) is 11.8. The van der Waals surface area contributed by atoms with Crippen LogP contribution in [0.25, 0.3) is 0 Å². The second-order valence-electron chi connectivity index (χ2n) is 3.63. The zero-order valence-electron chi connectivity index (χ0n) is 8.61. The number of benzene rings is 1. The molecule has 82 valence electrons. The van der Waals surface area contributed by atoms with Gasteiger partial charge in [-0.1, -0.05) is 0 Å². The molecule has 0 aliphatic carbocycles. The molecule has 0 amide bonds. The van der Waals surface area contributed by atoms with Gasteiger partial charge in [0, 0.05) is 0 Å². The minimum atomic E-state index is -0.806. The van der Waals surface area contributed by atoms with Gasteiger partial charge in [0.25, 0.3) is 0 Å². The molecular weight excluding hydrogens is 406 g/mol. The Morgan fingerprint density at radius 2 is 2.06 bits per heavy atom. The second kappa shape index (κ2) is 4.70. The third-order valence-electron chi connectivity index (χ3n) is 2.52. The molecule has 0 N–H and O–H groups in total. The quantitative estimate of drug-likeness (QED) is 0.522. The third-order valence-corrected chi connectivity index (χ3v) is 6.11. The Hall–Kier alpha value is -0.391.